The van der Waals surface area contributed by atoms with E-state index in [1.807, 2.05) is 23.5 Å². The molecule has 0 radical (unpaired) electrons. The lowest BCUT2D eigenvalue weighted by molar-refractivity contribution is 0.692. The maximum absolute atomic E-state index is 4.33. The SMILES string of the molecule is Cc1nn(C)c2c1CCS2. The van der Waals surface area contributed by atoms with Crippen molar-refractivity contribution in [3.05, 3.63) is 11.3 Å². The average molecular weight is 154 g/mol. The van der Waals surface area contributed by atoms with Crippen LogP contribution in [-0.4, -0.2) is 15.5 Å². The second-order valence-electron chi connectivity index (χ2n) is 2.59. The van der Waals surface area contributed by atoms with Crippen LogP contribution in [0.3, 0.4) is 0 Å². The van der Waals surface area contributed by atoms with Gasteiger partial charge in [-0.25, -0.2) is 0 Å². The van der Waals surface area contributed by atoms with E-state index < -0.39 is 0 Å². The fraction of sp³-hybridized carbons (Fsp3) is 0.571. The van der Waals surface area contributed by atoms with Crippen molar-refractivity contribution in [1.82, 2.24) is 9.78 Å². The number of nitrogens with zero attached hydrogens (tertiary/aromatic N) is 2. The van der Waals surface area contributed by atoms with Crippen molar-refractivity contribution >= 4 is 11.8 Å². The molecular formula is C7H10N2S. The first-order valence-electron chi connectivity index (χ1n) is 3.44. The first-order chi connectivity index (χ1) is 4.79. The molecule has 1 aromatic rings. The highest BCUT2D eigenvalue weighted by molar-refractivity contribution is 7.99. The van der Waals surface area contributed by atoms with Crippen LogP contribution in [0.5, 0.6) is 0 Å². The number of hydrogen-bond donors (Lipinski definition) is 0. The topological polar surface area (TPSA) is 17.8 Å². The lowest BCUT2D eigenvalue weighted by atomic mass is 10.2. The monoisotopic (exact) mass is 154 g/mol. The highest BCUT2D eigenvalue weighted by atomic mass is 32.2. The fourth-order valence-electron chi connectivity index (χ4n) is 1.40. The molecule has 2 rings (SSSR count). The molecule has 0 spiro atoms. The van der Waals surface area contributed by atoms with Crippen LogP contribution in [0.1, 0.15) is 11.3 Å². The summed E-state index contributed by atoms with van der Waals surface area (Å²) in [6.45, 7) is 2.09. The molecule has 1 aliphatic rings. The van der Waals surface area contributed by atoms with Gasteiger partial charge < -0.3 is 0 Å². The van der Waals surface area contributed by atoms with E-state index in [-0.39, 0.29) is 0 Å². The van der Waals surface area contributed by atoms with Crippen molar-refractivity contribution < 1.29 is 0 Å². The van der Waals surface area contributed by atoms with Crippen LogP contribution in [0.25, 0.3) is 0 Å². The molecule has 54 valence electrons. The van der Waals surface area contributed by atoms with Crippen molar-refractivity contribution in [2.45, 2.75) is 18.4 Å². The molecule has 2 nitrogen and oxygen atoms in total. The van der Waals surface area contributed by atoms with Gasteiger partial charge >= 0.3 is 0 Å². The Bertz CT molecular complexity index is 240. The second-order valence-corrected chi connectivity index (χ2v) is 3.67. The molecule has 0 saturated carbocycles. The predicted molar refractivity (Wildman–Crippen MR) is 42.4 cm³/mol. The standard InChI is InChI=1S/C7H10N2S/c1-5-6-3-4-10-7(6)9(2)8-5/h3-4H2,1-2H3. The van der Waals surface area contributed by atoms with E-state index in [0.29, 0.717) is 0 Å². The third kappa shape index (κ3) is 0.700. The van der Waals surface area contributed by atoms with Crippen LogP contribution in [0.15, 0.2) is 5.03 Å². The van der Waals surface area contributed by atoms with E-state index in [9.17, 15) is 0 Å². The number of aromatic nitrogens is 2. The molecule has 0 saturated heterocycles. The first kappa shape index (κ1) is 6.28. The van der Waals surface area contributed by atoms with Gasteiger partial charge in [-0.1, -0.05) is 0 Å². The van der Waals surface area contributed by atoms with E-state index in [0.717, 1.165) is 0 Å². The smallest absolute Gasteiger partial charge is 0.0971 e. The van der Waals surface area contributed by atoms with Gasteiger partial charge in [0.25, 0.3) is 0 Å². The summed E-state index contributed by atoms with van der Waals surface area (Å²) in [5.41, 5.74) is 2.68. The molecule has 10 heavy (non-hydrogen) atoms. The molecule has 0 aliphatic carbocycles. The number of fused-ring (bicyclic) bond motifs is 1. The van der Waals surface area contributed by atoms with Gasteiger partial charge in [0.1, 0.15) is 0 Å². The minimum Gasteiger partial charge on any atom is -0.262 e. The third-order valence-electron chi connectivity index (χ3n) is 1.88. The van der Waals surface area contributed by atoms with Gasteiger partial charge in [-0.15, -0.1) is 11.8 Å². The van der Waals surface area contributed by atoms with Crippen molar-refractivity contribution in [3.8, 4) is 0 Å². The molecule has 3 heteroatoms. The quantitative estimate of drug-likeness (QED) is 0.562. The summed E-state index contributed by atoms with van der Waals surface area (Å²) < 4.78 is 1.99. The van der Waals surface area contributed by atoms with Crippen LogP contribution in [0.2, 0.25) is 0 Å². The first-order valence-corrected chi connectivity index (χ1v) is 4.43. The Labute approximate surface area is 64.6 Å². The Kier molecular flexibility index (Phi) is 1.27. The Morgan fingerprint density at radius 3 is 3.10 bits per heavy atom. The van der Waals surface area contributed by atoms with E-state index in [2.05, 4.69) is 12.0 Å². The maximum Gasteiger partial charge on any atom is 0.0971 e. The van der Waals surface area contributed by atoms with Gasteiger partial charge in [-0.2, -0.15) is 5.10 Å². The van der Waals surface area contributed by atoms with E-state index >= 15 is 0 Å². The van der Waals surface area contributed by atoms with Crippen LogP contribution in [0, 0.1) is 6.92 Å². The lowest BCUT2D eigenvalue weighted by Gasteiger charge is -1.92. The minimum absolute atomic E-state index is 1.21. The van der Waals surface area contributed by atoms with Crippen LogP contribution in [-0.2, 0) is 13.5 Å². The zero-order valence-corrected chi connectivity index (χ0v) is 7.03. The van der Waals surface area contributed by atoms with E-state index in [4.69, 9.17) is 0 Å². The van der Waals surface area contributed by atoms with Crippen LogP contribution in [0.4, 0.5) is 0 Å². The second kappa shape index (κ2) is 2.02. The van der Waals surface area contributed by atoms with Gasteiger partial charge in [0.2, 0.25) is 0 Å². The van der Waals surface area contributed by atoms with Crippen molar-refractivity contribution in [2.75, 3.05) is 5.75 Å². The fourth-order valence-corrected chi connectivity index (χ4v) is 2.55. The maximum atomic E-state index is 4.33. The van der Waals surface area contributed by atoms with Crippen molar-refractivity contribution in [1.29, 1.82) is 0 Å². The summed E-state index contributed by atoms with van der Waals surface area (Å²) in [7, 11) is 2.02. The molecule has 0 atom stereocenters. The minimum atomic E-state index is 1.21. The number of aryl methyl sites for hydroxylation is 2. The predicted octanol–water partition coefficient (Wildman–Crippen LogP) is 1.38. The summed E-state index contributed by atoms with van der Waals surface area (Å²) in [5, 5.41) is 5.70. The molecule has 1 aliphatic heterocycles. The highest BCUT2D eigenvalue weighted by Crippen LogP contribution is 2.32. The Morgan fingerprint density at radius 1 is 1.60 bits per heavy atom. The van der Waals surface area contributed by atoms with Crippen LogP contribution < -0.4 is 0 Å². The molecule has 0 bridgehead atoms. The van der Waals surface area contributed by atoms with Crippen molar-refractivity contribution in [3.63, 3.8) is 0 Å². The van der Waals surface area contributed by atoms with Gasteiger partial charge in [0, 0.05) is 18.4 Å². The van der Waals surface area contributed by atoms with Gasteiger partial charge in [-0.05, 0) is 13.3 Å². The molecule has 0 aromatic carbocycles. The summed E-state index contributed by atoms with van der Waals surface area (Å²) in [6.07, 6.45) is 1.21. The van der Waals surface area contributed by atoms with Crippen molar-refractivity contribution in [2.24, 2.45) is 7.05 Å². The summed E-state index contributed by atoms with van der Waals surface area (Å²) in [6, 6.07) is 0. The summed E-state index contributed by atoms with van der Waals surface area (Å²) in [4.78, 5) is 0. The normalized spacial score (nSPS) is 15.8. The molecule has 0 amide bonds. The summed E-state index contributed by atoms with van der Waals surface area (Å²) >= 11 is 1.92. The molecule has 1 aromatic heterocycles. The average Bonchev–Trinajstić information content (AvgIpc) is 2.39. The highest BCUT2D eigenvalue weighted by Gasteiger charge is 2.18. The number of thioether (sulfide) groups is 1. The van der Waals surface area contributed by atoms with Gasteiger partial charge in [0.05, 0.1) is 10.7 Å². The number of hydrogen-bond acceptors (Lipinski definition) is 2. The number of rotatable bonds is 0. The summed E-state index contributed by atoms with van der Waals surface area (Å²) in [5.74, 6) is 1.24. The van der Waals surface area contributed by atoms with Gasteiger partial charge in [-0.3, -0.25) is 4.68 Å². The van der Waals surface area contributed by atoms with E-state index in [1.165, 1.54) is 28.5 Å². The Hall–Kier alpha value is -0.440. The molecule has 0 unspecified atom stereocenters. The molecule has 0 fully saturated rings. The zero-order valence-electron chi connectivity index (χ0n) is 6.22. The molecule has 2 heterocycles. The Balaban J connectivity index is 2.61. The van der Waals surface area contributed by atoms with E-state index in [1.54, 1.807) is 0 Å². The zero-order chi connectivity index (χ0) is 7.14. The molecule has 0 N–H and O–H groups in total. The van der Waals surface area contributed by atoms with Crippen LogP contribution >= 0.6 is 11.8 Å². The lowest BCUT2D eigenvalue weighted by Crippen LogP contribution is -1.91. The molecular weight excluding hydrogens is 144 g/mol. The third-order valence-corrected chi connectivity index (χ3v) is 3.07. The Morgan fingerprint density at radius 2 is 2.40 bits per heavy atom. The van der Waals surface area contributed by atoms with Gasteiger partial charge in [0.15, 0.2) is 0 Å². The largest absolute Gasteiger partial charge is 0.262 e.